The second kappa shape index (κ2) is 4.55. The molecule has 10 heavy (non-hydrogen) atoms. The average Bonchev–Trinajstić information content (AvgIpc) is 1.79. The molecule has 0 unspecified atom stereocenters. The van der Waals surface area contributed by atoms with Crippen LogP contribution in [0.15, 0.2) is 12.5 Å². The van der Waals surface area contributed by atoms with Gasteiger partial charge in [-0.25, -0.2) is 0 Å². The molecule has 0 aromatic heterocycles. The Labute approximate surface area is 58.9 Å². The Bertz CT molecular complexity index is 144. The molecule has 4 nitrogen and oxygen atoms in total. The van der Waals surface area contributed by atoms with Crippen LogP contribution >= 0.6 is 0 Å². The van der Waals surface area contributed by atoms with Crippen LogP contribution in [0.5, 0.6) is 0 Å². The van der Waals surface area contributed by atoms with Gasteiger partial charge in [0, 0.05) is 20.0 Å². The number of carbonyl (C=O) groups is 2. The van der Waals surface area contributed by atoms with Crippen molar-refractivity contribution in [2.45, 2.75) is 13.8 Å². The van der Waals surface area contributed by atoms with E-state index in [0.717, 1.165) is 6.26 Å². The predicted molar refractivity (Wildman–Crippen MR) is 34.7 cm³/mol. The molecule has 0 spiro atoms. The first kappa shape index (κ1) is 8.68. The summed E-state index contributed by atoms with van der Waals surface area (Å²) >= 11 is 0. The molecule has 0 aromatic rings. The van der Waals surface area contributed by atoms with E-state index in [9.17, 15) is 9.59 Å². The summed E-state index contributed by atoms with van der Waals surface area (Å²) in [5.74, 6) is -0.620. The number of esters is 1. The van der Waals surface area contributed by atoms with Crippen LogP contribution in [0.2, 0.25) is 0 Å². The van der Waals surface area contributed by atoms with Gasteiger partial charge in [-0.3, -0.25) is 9.59 Å². The van der Waals surface area contributed by atoms with E-state index >= 15 is 0 Å². The zero-order valence-electron chi connectivity index (χ0n) is 5.88. The number of ether oxygens (including phenoxy) is 1. The number of nitrogens with one attached hydrogen (secondary N) is 1. The summed E-state index contributed by atoms with van der Waals surface area (Å²) in [5, 5.41) is 2.30. The first-order valence-corrected chi connectivity index (χ1v) is 2.72. The Kier molecular flexibility index (Phi) is 3.95. The number of amides is 1. The Balaban J connectivity index is 3.38. The van der Waals surface area contributed by atoms with Crippen molar-refractivity contribution in [3.8, 4) is 0 Å². The molecule has 0 heterocycles. The maximum Gasteiger partial charge on any atom is 0.307 e. The lowest BCUT2D eigenvalue weighted by molar-refractivity contribution is -0.135. The smallest absolute Gasteiger partial charge is 0.307 e. The predicted octanol–water partition coefficient (Wildman–Crippen LogP) is 0.157. The molecule has 0 aromatic carbocycles. The lowest BCUT2D eigenvalue weighted by Crippen LogP contribution is -2.11. The van der Waals surface area contributed by atoms with E-state index < -0.39 is 5.97 Å². The maximum absolute atomic E-state index is 10.2. The lowest BCUT2D eigenvalue weighted by Gasteiger charge is -1.91. The first-order chi connectivity index (χ1) is 4.63. The normalized spacial score (nSPS) is 9.40. The highest BCUT2D eigenvalue weighted by Gasteiger charge is 1.85. The van der Waals surface area contributed by atoms with Gasteiger partial charge in [0.25, 0.3) is 0 Å². The van der Waals surface area contributed by atoms with Crippen LogP contribution in [0, 0.1) is 0 Å². The van der Waals surface area contributed by atoms with Gasteiger partial charge in [-0.15, -0.1) is 0 Å². The Hall–Kier alpha value is -1.32. The third-order valence-corrected chi connectivity index (χ3v) is 0.589. The number of carbonyl (C=O) groups excluding carboxylic acids is 2. The second-order valence-electron chi connectivity index (χ2n) is 1.61. The van der Waals surface area contributed by atoms with E-state index in [0.29, 0.717) is 0 Å². The van der Waals surface area contributed by atoms with Crippen LogP contribution in [0.1, 0.15) is 13.8 Å². The molecule has 0 rings (SSSR count). The average molecular weight is 143 g/mol. The van der Waals surface area contributed by atoms with Gasteiger partial charge in [-0.2, -0.15) is 0 Å². The first-order valence-electron chi connectivity index (χ1n) is 2.72. The fourth-order valence-corrected chi connectivity index (χ4v) is 0.281. The van der Waals surface area contributed by atoms with Gasteiger partial charge >= 0.3 is 5.97 Å². The molecule has 0 fully saturated rings. The minimum absolute atomic E-state index is 0.205. The molecule has 1 amide bonds. The molecule has 0 aliphatic rings. The zero-order valence-corrected chi connectivity index (χ0v) is 5.88. The standard InChI is InChI=1S/C6H9NO3/c1-5(8)7-3-4-10-6(2)9/h3-4H,1-2H3,(H,7,8)/b4-3+. The molecule has 0 saturated heterocycles. The highest BCUT2D eigenvalue weighted by Crippen LogP contribution is 1.75. The molecular weight excluding hydrogens is 134 g/mol. The quantitative estimate of drug-likeness (QED) is 0.442. The molecular formula is C6H9NO3. The van der Waals surface area contributed by atoms with E-state index in [1.165, 1.54) is 20.0 Å². The van der Waals surface area contributed by atoms with Gasteiger partial charge in [0.05, 0.1) is 0 Å². The molecule has 0 bridgehead atoms. The second-order valence-corrected chi connectivity index (χ2v) is 1.61. The minimum Gasteiger partial charge on any atom is -0.433 e. The van der Waals surface area contributed by atoms with E-state index in [1.807, 2.05) is 0 Å². The molecule has 56 valence electrons. The van der Waals surface area contributed by atoms with E-state index in [4.69, 9.17) is 0 Å². The van der Waals surface area contributed by atoms with Crippen molar-refractivity contribution in [2.24, 2.45) is 0 Å². The fourth-order valence-electron chi connectivity index (χ4n) is 0.281. The van der Waals surface area contributed by atoms with E-state index in [1.54, 1.807) is 0 Å². The molecule has 0 aliphatic carbocycles. The minimum atomic E-state index is -0.415. The number of hydrogen-bond donors (Lipinski definition) is 1. The van der Waals surface area contributed by atoms with E-state index in [2.05, 4.69) is 10.1 Å². The highest BCUT2D eigenvalue weighted by molar-refractivity contribution is 5.73. The molecule has 0 atom stereocenters. The van der Waals surface area contributed by atoms with Gasteiger partial charge in [-0.05, 0) is 0 Å². The van der Waals surface area contributed by atoms with Crippen molar-refractivity contribution in [2.75, 3.05) is 0 Å². The fraction of sp³-hybridized carbons (Fsp3) is 0.333. The van der Waals surface area contributed by atoms with Crippen LogP contribution in [0.3, 0.4) is 0 Å². The third-order valence-electron chi connectivity index (χ3n) is 0.589. The van der Waals surface area contributed by atoms with Gasteiger partial charge in [0.1, 0.15) is 6.26 Å². The Morgan fingerprint density at radius 2 is 2.00 bits per heavy atom. The molecule has 0 aliphatic heterocycles. The topological polar surface area (TPSA) is 55.4 Å². The van der Waals surface area contributed by atoms with Gasteiger partial charge in [0.15, 0.2) is 0 Å². The molecule has 0 saturated carbocycles. The summed E-state index contributed by atoms with van der Waals surface area (Å²) in [6.45, 7) is 2.64. The largest absolute Gasteiger partial charge is 0.433 e. The van der Waals surface area contributed by atoms with Gasteiger partial charge in [0.2, 0.25) is 5.91 Å². The van der Waals surface area contributed by atoms with Crippen molar-refractivity contribution >= 4 is 11.9 Å². The van der Waals surface area contributed by atoms with Crippen molar-refractivity contribution < 1.29 is 14.3 Å². The third kappa shape index (κ3) is 6.68. The highest BCUT2D eigenvalue weighted by atomic mass is 16.5. The number of hydrogen-bond acceptors (Lipinski definition) is 3. The van der Waals surface area contributed by atoms with Gasteiger partial charge in [-0.1, -0.05) is 0 Å². The maximum atomic E-state index is 10.2. The Morgan fingerprint density at radius 3 is 2.40 bits per heavy atom. The van der Waals surface area contributed by atoms with Crippen molar-refractivity contribution in [1.82, 2.24) is 5.32 Å². The lowest BCUT2D eigenvalue weighted by atomic mass is 10.7. The zero-order chi connectivity index (χ0) is 7.98. The van der Waals surface area contributed by atoms with Crippen LogP contribution in [-0.4, -0.2) is 11.9 Å². The summed E-state index contributed by atoms with van der Waals surface area (Å²) in [5.41, 5.74) is 0. The summed E-state index contributed by atoms with van der Waals surface area (Å²) in [6.07, 6.45) is 2.37. The number of rotatable bonds is 2. The van der Waals surface area contributed by atoms with Crippen molar-refractivity contribution in [1.29, 1.82) is 0 Å². The van der Waals surface area contributed by atoms with Gasteiger partial charge < -0.3 is 10.1 Å². The van der Waals surface area contributed by atoms with Crippen molar-refractivity contribution in [3.63, 3.8) is 0 Å². The molecule has 4 heteroatoms. The van der Waals surface area contributed by atoms with Crippen LogP contribution in [-0.2, 0) is 14.3 Å². The summed E-state index contributed by atoms with van der Waals surface area (Å²) in [7, 11) is 0. The molecule has 1 N–H and O–H groups in total. The van der Waals surface area contributed by atoms with Crippen LogP contribution in [0.25, 0.3) is 0 Å². The van der Waals surface area contributed by atoms with Crippen molar-refractivity contribution in [3.05, 3.63) is 12.5 Å². The SMILES string of the molecule is CC(=O)N/C=C/OC(C)=O. The summed E-state index contributed by atoms with van der Waals surface area (Å²) in [4.78, 5) is 20.3. The molecule has 0 radical (unpaired) electrons. The van der Waals surface area contributed by atoms with E-state index in [-0.39, 0.29) is 5.91 Å². The monoisotopic (exact) mass is 143 g/mol. The Morgan fingerprint density at radius 1 is 1.40 bits per heavy atom. The summed E-state index contributed by atoms with van der Waals surface area (Å²) in [6, 6.07) is 0. The van der Waals surface area contributed by atoms with Crippen LogP contribution in [0.4, 0.5) is 0 Å². The van der Waals surface area contributed by atoms with Crippen LogP contribution < -0.4 is 5.32 Å². The summed E-state index contributed by atoms with van der Waals surface area (Å²) < 4.78 is 4.36.